The molecule has 1 nitrogen and oxygen atoms in total. The van der Waals surface area contributed by atoms with Crippen molar-refractivity contribution in [2.24, 2.45) is 11.8 Å². The SMILES string of the molecule is CC(C)CC(CC(C)C)(c1ccccc1)[N+](C)(C)CCc1ccccc1. The average Bonchev–Trinajstić information content (AvgIpc) is 2.60. The molecule has 2 aromatic rings. The molecule has 0 spiro atoms. The smallest absolute Gasteiger partial charge is 0.125 e. The Morgan fingerprint density at radius 3 is 1.65 bits per heavy atom. The molecule has 0 amide bonds. The molecule has 0 bridgehead atoms. The van der Waals surface area contributed by atoms with E-state index in [4.69, 9.17) is 0 Å². The van der Waals surface area contributed by atoms with Crippen molar-refractivity contribution >= 4 is 0 Å². The molecule has 0 aromatic heterocycles. The van der Waals surface area contributed by atoms with Crippen LogP contribution >= 0.6 is 0 Å². The molecule has 0 N–H and O–H groups in total. The third kappa shape index (κ3) is 4.98. The van der Waals surface area contributed by atoms with Crippen LogP contribution in [-0.4, -0.2) is 25.1 Å². The summed E-state index contributed by atoms with van der Waals surface area (Å²) in [5.74, 6) is 1.34. The Balaban J connectivity index is 2.42. The van der Waals surface area contributed by atoms with E-state index in [1.165, 1.54) is 24.0 Å². The van der Waals surface area contributed by atoms with Crippen LogP contribution in [-0.2, 0) is 12.0 Å². The number of quaternary nitrogens is 1. The maximum absolute atomic E-state index is 2.45. The van der Waals surface area contributed by atoms with Crippen LogP contribution in [0.1, 0.15) is 51.7 Å². The minimum atomic E-state index is 0.151. The number of hydrogen-bond donors (Lipinski definition) is 0. The summed E-state index contributed by atoms with van der Waals surface area (Å²) in [7, 11) is 4.89. The van der Waals surface area contributed by atoms with Gasteiger partial charge in [-0.1, -0.05) is 88.4 Å². The lowest BCUT2D eigenvalue weighted by Gasteiger charge is -2.51. The van der Waals surface area contributed by atoms with E-state index in [0.29, 0.717) is 11.8 Å². The van der Waals surface area contributed by atoms with Crippen LogP contribution in [0.15, 0.2) is 60.7 Å². The molecule has 0 heterocycles. The van der Waals surface area contributed by atoms with Crippen LogP contribution in [0.2, 0.25) is 0 Å². The molecule has 1 heteroatoms. The molecule has 2 rings (SSSR count). The Kier molecular flexibility index (Phi) is 7.06. The summed E-state index contributed by atoms with van der Waals surface area (Å²) >= 11 is 0. The highest BCUT2D eigenvalue weighted by molar-refractivity contribution is 5.23. The molecular weight excluding hydrogens is 314 g/mol. The zero-order valence-corrected chi connectivity index (χ0v) is 17.7. The zero-order valence-electron chi connectivity index (χ0n) is 17.7. The second kappa shape index (κ2) is 8.86. The Hall–Kier alpha value is -1.60. The molecule has 0 aliphatic heterocycles. The van der Waals surface area contributed by atoms with Crippen LogP contribution in [0, 0.1) is 11.8 Å². The highest BCUT2D eigenvalue weighted by Crippen LogP contribution is 2.43. The lowest BCUT2D eigenvalue weighted by Crippen LogP contribution is -2.59. The topological polar surface area (TPSA) is 0 Å². The number of nitrogens with zero attached hydrogens (tertiary/aromatic N) is 1. The van der Waals surface area contributed by atoms with Gasteiger partial charge in [-0.3, -0.25) is 0 Å². The lowest BCUT2D eigenvalue weighted by atomic mass is 9.74. The number of benzene rings is 2. The van der Waals surface area contributed by atoms with E-state index in [9.17, 15) is 0 Å². The fourth-order valence-electron chi connectivity index (χ4n) is 4.53. The van der Waals surface area contributed by atoms with Gasteiger partial charge in [0.25, 0.3) is 0 Å². The van der Waals surface area contributed by atoms with Crippen LogP contribution < -0.4 is 0 Å². The molecule has 0 aliphatic carbocycles. The molecule has 142 valence electrons. The summed E-state index contributed by atoms with van der Waals surface area (Å²) in [5.41, 5.74) is 3.09. The molecule has 0 aliphatic rings. The van der Waals surface area contributed by atoms with Crippen molar-refractivity contribution in [3.05, 3.63) is 71.8 Å². The van der Waals surface area contributed by atoms with Crippen LogP contribution in [0.5, 0.6) is 0 Å². The first kappa shape index (κ1) is 20.7. The van der Waals surface area contributed by atoms with Gasteiger partial charge in [-0.15, -0.1) is 0 Å². The van der Waals surface area contributed by atoms with Gasteiger partial charge in [0.2, 0.25) is 0 Å². The molecule has 0 saturated heterocycles. The van der Waals surface area contributed by atoms with Crippen LogP contribution in [0.25, 0.3) is 0 Å². The van der Waals surface area contributed by atoms with Gasteiger partial charge in [-0.25, -0.2) is 0 Å². The van der Waals surface area contributed by atoms with Crippen molar-refractivity contribution in [3.63, 3.8) is 0 Å². The average molecular weight is 353 g/mol. The third-order valence-corrected chi connectivity index (χ3v) is 5.76. The molecule has 2 aromatic carbocycles. The Morgan fingerprint density at radius 2 is 1.19 bits per heavy atom. The molecule has 0 atom stereocenters. The minimum absolute atomic E-state index is 0.151. The highest BCUT2D eigenvalue weighted by atomic mass is 15.4. The molecule has 26 heavy (non-hydrogen) atoms. The molecular formula is C25H38N+. The summed E-state index contributed by atoms with van der Waals surface area (Å²) in [6.45, 7) is 10.6. The Morgan fingerprint density at radius 1 is 0.731 bits per heavy atom. The van der Waals surface area contributed by atoms with Gasteiger partial charge in [-0.05, 0) is 17.4 Å². The fourth-order valence-corrected chi connectivity index (χ4v) is 4.53. The number of likely N-dealkylation sites (N-methyl/N-ethyl adjacent to an activating group) is 1. The molecule has 0 radical (unpaired) electrons. The second-order valence-corrected chi connectivity index (χ2v) is 9.24. The first-order valence-electron chi connectivity index (χ1n) is 10.2. The van der Waals surface area contributed by atoms with Crippen LogP contribution in [0.4, 0.5) is 0 Å². The van der Waals surface area contributed by atoms with E-state index in [-0.39, 0.29) is 5.54 Å². The van der Waals surface area contributed by atoms with Crippen LogP contribution in [0.3, 0.4) is 0 Å². The van der Waals surface area contributed by atoms with Gasteiger partial charge in [0.05, 0.1) is 20.6 Å². The number of rotatable bonds is 9. The lowest BCUT2D eigenvalue weighted by molar-refractivity contribution is -0.952. The summed E-state index contributed by atoms with van der Waals surface area (Å²) in [6, 6.07) is 22.2. The summed E-state index contributed by atoms with van der Waals surface area (Å²) in [6.07, 6.45) is 3.56. The van der Waals surface area contributed by atoms with E-state index in [0.717, 1.165) is 17.4 Å². The van der Waals surface area contributed by atoms with Crippen molar-refractivity contribution in [2.45, 2.75) is 52.5 Å². The van der Waals surface area contributed by atoms with Crippen molar-refractivity contribution < 1.29 is 4.48 Å². The van der Waals surface area contributed by atoms with Crippen molar-refractivity contribution in [1.82, 2.24) is 0 Å². The summed E-state index contributed by atoms with van der Waals surface area (Å²) in [4.78, 5) is 0. The molecule has 0 fully saturated rings. The maximum atomic E-state index is 2.45. The van der Waals surface area contributed by atoms with Crippen molar-refractivity contribution in [1.29, 1.82) is 0 Å². The van der Waals surface area contributed by atoms with Crippen molar-refractivity contribution in [2.75, 3.05) is 20.6 Å². The first-order chi connectivity index (χ1) is 12.3. The van der Waals surface area contributed by atoms with E-state index in [2.05, 4.69) is 102 Å². The summed E-state index contributed by atoms with van der Waals surface area (Å²) in [5, 5.41) is 0. The standard InChI is InChI=1S/C25H38N/c1-21(2)19-25(20-22(3)4,24-15-11-8-12-16-24)26(5,6)18-17-23-13-9-7-10-14-23/h7-16,21-22H,17-20H2,1-6H3/q+1. The predicted octanol–water partition coefficient (Wildman–Crippen LogP) is 6.29. The van der Waals surface area contributed by atoms with Gasteiger partial charge in [0.15, 0.2) is 0 Å². The monoisotopic (exact) mass is 352 g/mol. The fraction of sp³-hybridized carbons (Fsp3) is 0.520. The Labute approximate surface area is 161 Å². The number of hydrogen-bond acceptors (Lipinski definition) is 0. The third-order valence-electron chi connectivity index (χ3n) is 5.76. The van der Waals surface area contributed by atoms with E-state index >= 15 is 0 Å². The quantitative estimate of drug-likeness (QED) is 0.465. The van der Waals surface area contributed by atoms with Gasteiger partial charge < -0.3 is 4.48 Å². The Bertz CT molecular complexity index is 630. The summed E-state index contributed by atoms with van der Waals surface area (Å²) < 4.78 is 1.03. The molecule has 0 saturated carbocycles. The maximum Gasteiger partial charge on any atom is 0.125 e. The largest absolute Gasteiger partial charge is 0.320 e. The van der Waals surface area contributed by atoms with Gasteiger partial charge >= 0.3 is 0 Å². The van der Waals surface area contributed by atoms with E-state index in [1.54, 1.807) is 0 Å². The van der Waals surface area contributed by atoms with Gasteiger partial charge in [0, 0.05) is 24.8 Å². The zero-order chi connectivity index (χ0) is 19.2. The van der Waals surface area contributed by atoms with E-state index < -0.39 is 0 Å². The minimum Gasteiger partial charge on any atom is -0.320 e. The van der Waals surface area contributed by atoms with Gasteiger partial charge in [-0.2, -0.15) is 0 Å². The van der Waals surface area contributed by atoms with E-state index in [1.807, 2.05) is 0 Å². The van der Waals surface area contributed by atoms with Crippen molar-refractivity contribution in [3.8, 4) is 0 Å². The molecule has 0 unspecified atom stereocenters. The second-order valence-electron chi connectivity index (χ2n) is 9.24. The predicted molar refractivity (Wildman–Crippen MR) is 114 cm³/mol. The van der Waals surface area contributed by atoms with Gasteiger partial charge in [0.1, 0.15) is 5.54 Å². The highest BCUT2D eigenvalue weighted by Gasteiger charge is 2.47. The normalized spacial score (nSPS) is 12.8. The first-order valence-corrected chi connectivity index (χ1v) is 10.2.